The first kappa shape index (κ1) is 13.1. The second-order valence-electron chi connectivity index (χ2n) is 4.44. The number of amides is 2. The fraction of sp³-hybridized carbons (Fsp3) is 0.308. The Kier molecular flexibility index (Phi) is 3.50. The summed E-state index contributed by atoms with van der Waals surface area (Å²) in [6.45, 7) is 1.51. The minimum atomic E-state index is -0.979. The number of rotatable bonds is 3. The van der Waals surface area contributed by atoms with E-state index in [1.807, 2.05) is 0 Å². The second kappa shape index (κ2) is 5.09. The van der Waals surface area contributed by atoms with Crippen LogP contribution >= 0.6 is 0 Å². The Morgan fingerprint density at radius 1 is 1.37 bits per heavy atom. The Morgan fingerprint density at radius 2 is 2.05 bits per heavy atom. The highest BCUT2D eigenvalue weighted by Gasteiger charge is 2.35. The molecule has 0 bridgehead atoms. The number of benzene rings is 1. The van der Waals surface area contributed by atoms with Crippen molar-refractivity contribution in [3.8, 4) is 0 Å². The average molecular weight is 262 g/mol. The van der Waals surface area contributed by atoms with Crippen molar-refractivity contribution in [2.24, 2.45) is 5.92 Å². The van der Waals surface area contributed by atoms with Gasteiger partial charge in [-0.3, -0.25) is 14.4 Å². The van der Waals surface area contributed by atoms with Gasteiger partial charge in [-0.05, 0) is 12.1 Å². The molecule has 1 aromatic carbocycles. The van der Waals surface area contributed by atoms with E-state index >= 15 is 0 Å². The second-order valence-corrected chi connectivity index (χ2v) is 4.44. The Morgan fingerprint density at radius 3 is 2.63 bits per heavy atom. The number of carbonyl (C=O) groups is 3. The van der Waals surface area contributed by atoms with Crippen LogP contribution in [0.2, 0.25) is 0 Å². The van der Waals surface area contributed by atoms with Crippen molar-refractivity contribution >= 4 is 29.2 Å². The van der Waals surface area contributed by atoms with Crippen molar-refractivity contribution in [1.82, 2.24) is 0 Å². The standard InChI is InChI=1S/C13H14N2O4/c1-8(16)14-10-4-2-3-5-11(10)15-7-9(13(18)19)6-12(15)17/h2-5,9H,6-7H2,1H3,(H,14,16)(H,18,19)/t9-/m0/s1. The summed E-state index contributed by atoms with van der Waals surface area (Å²) in [5.74, 6) is -2.16. The molecule has 0 saturated carbocycles. The molecule has 0 unspecified atom stereocenters. The van der Waals surface area contributed by atoms with Gasteiger partial charge < -0.3 is 15.3 Å². The first-order valence-corrected chi connectivity index (χ1v) is 5.89. The Labute approximate surface area is 110 Å². The highest BCUT2D eigenvalue weighted by Crippen LogP contribution is 2.31. The fourth-order valence-corrected chi connectivity index (χ4v) is 2.11. The van der Waals surface area contributed by atoms with Crippen LogP contribution in [-0.4, -0.2) is 29.4 Å². The summed E-state index contributed by atoms with van der Waals surface area (Å²) in [4.78, 5) is 35.3. The molecule has 2 N–H and O–H groups in total. The SMILES string of the molecule is CC(=O)Nc1ccccc1N1C[C@@H](C(=O)O)CC1=O. The largest absolute Gasteiger partial charge is 0.481 e. The molecule has 6 heteroatoms. The molecule has 1 heterocycles. The van der Waals surface area contributed by atoms with E-state index < -0.39 is 11.9 Å². The molecule has 0 aromatic heterocycles. The van der Waals surface area contributed by atoms with Crippen LogP contribution in [0.4, 0.5) is 11.4 Å². The average Bonchev–Trinajstić information content (AvgIpc) is 2.71. The molecule has 0 radical (unpaired) electrons. The van der Waals surface area contributed by atoms with Gasteiger partial charge in [0.1, 0.15) is 0 Å². The van der Waals surface area contributed by atoms with Crippen LogP contribution < -0.4 is 10.2 Å². The van der Waals surface area contributed by atoms with E-state index in [1.165, 1.54) is 11.8 Å². The van der Waals surface area contributed by atoms with Crippen molar-refractivity contribution in [3.05, 3.63) is 24.3 Å². The third-order valence-electron chi connectivity index (χ3n) is 2.98. The first-order chi connectivity index (χ1) is 8.99. The lowest BCUT2D eigenvalue weighted by Crippen LogP contribution is -2.27. The van der Waals surface area contributed by atoms with Gasteiger partial charge in [0.15, 0.2) is 0 Å². The summed E-state index contributed by atoms with van der Waals surface area (Å²) >= 11 is 0. The third-order valence-corrected chi connectivity index (χ3v) is 2.98. The molecule has 1 aliphatic heterocycles. The van der Waals surface area contributed by atoms with E-state index in [9.17, 15) is 14.4 Å². The molecule has 1 aromatic rings. The van der Waals surface area contributed by atoms with Gasteiger partial charge in [0, 0.05) is 19.9 Å². The lowest BCUT2D eigenvalue weighted by atomic mass is 10.1. The van der Waals surface area contributed by atoms with E-state index in [1.54, 1.807) is 24.3 Å². The van der Waals surface area contributed by atoms with Crippen LogP contribution in [0.5, 0.6) is 0 Å². The summed E-state index contributed by atoms with van der Waals surface area (Å²) in [5.41, 5.74) is 1.04. The van der Waals surface area contributed by atoms with Crippen LogP contribution in [0.25, 0.3) is 0 Å². The summed E-state index contributed by atoms with van der Waals surface area (Å²) in [6, 6.07) is 6.84. The van der Waals surface area contributed by atoms with Gasteiger partial charge >= 0.3 is 5.97 Å². The molecule has 2 rings (SSSR count). The number of carboxylic acids is 1. The monoisotopic (exact) mass is 262 g/mol. The zero-order chi connectivity index (χ0) is 14.0. The number of aliphatic carboxylic acids is 1. The maximum absolute atomic E-state index is 11.9. The van der Waals surface area contributed by atoms with Gasteiger partial charge in [0.25, 0.3) is 0 Å². The number of nitrogens with one attached hydrogen (secondary N) is 1. The molecule has 1 atom stereocenters. The number of hydrogen-bond acceptors (Lipinski definition) is 3. The predicted octanol–water partition coefficient (Wildman–Crippen LogP) is 1.08. The summed E-state index contributed by atoms with van der Waals surface area (Å²) in [5, 5.41) is 11.6. The van der Waals surface area contributed by atoms with E-state index in [-0.39, 0.29) is 24.8 Å². The van der Waals surface area contributed by atoms with Gasteiger partial charge in [-0.2, -0.15) is 0 Å². The molecule has 1 saturated heterocycles. The van der Waals surface area contributed by atoms with Crippen LogP contribution in [-0.2, 0) is 14.4 Å². The molecule has 19 heavy (non-hydrogen) atoms. The zero-order valence-electron chi connectivity index (χ0n) is 10.4. The van der Waals surface area contributed by atoms with Gasteiger partial charge in [-0.1, -0.05) is 12.1 Å². The molecule has 100 valence electrons. The van der Waals surface area contributed by atoms with Gasteiger partial charge in [-0.15, -0.1) is 0 Å². The van der Waals surface area contributed by atoms with E-state index in [0.717, 1.165) is 0 Å². The minimum Gasteiger partial charge on any atom is -0.481 e. The van der Waals surface area contributed by atoms with Crippen LogP contribution in [0.1, 0.15) is 13.3 Å². The molecule has 1 aliphatic rings. The number of hydrogen-bond donors (Lipinski definition) is 2. The van der Waals surface area contributed by atoms with Crippen molar-refractivity contribution < 1.29 is 19.5 Å². The van der Waals surface area contributed by atoms with E-state index in [4.69, 9.17) is 5.11 Å². The summed E-state index contributed by atoms with van der Waals surface area (Å²) in [6.07, 6.45) is -0.0102. The topological polar surface area (TPSA) is 86.7 Å². The maximum Gasteiger partial charge on any atom is 0.308 e. The summed E-state index contributed by atoms with van der Waals surface area (Å²) in [7, 11) is 0. The smallest absolute Gasteiger partial charge is 0.308 e. The molecule has 1 fully saturated rings. The molecule has 0 aliphatic carbocycles. The fourth-order valence-electron chi connectivity index (χ4n) is 2.11. The first-order valence-electron chi connectivity index (χ1n) is 5.89. The number of anilines is 2. The van der Waals surface area contributed by atoms with Crippen molar-refractivity contribution in [2.75, 3.05) is 16.8 Å². The van der Waals surface area contributed by atoms with Crippen molar-refractivity contribution in [3.63, 3.8) is 0 Å². The van der Waals surface area contributed by atoms with E-state index in [2.05, 4.69) is 5.32 Å². The maximum atomic E-state index is 11.9. The molecule has 2 amide bonds. The predicted molar refractivity (Wildman–Crippen MR) is 68.8 cm³/mol. The Bertz CT molecular complexity index is 541. The molecular formula is C13H14N2O4. The Hall–Kier alpha value is -2.37. The molecule has 6 nitrogen and oxygen atoms in total. The number of carboxylic acid groups (broad SMARTS) is 1. The highest BCUT2D eigenvalue weighted by molar-refractivity contribution is 6.03. The normalized spacial score (nSPS) is 18.5. The zero-order valence-corrected chi connectivity index (χ0v) is 10.4. The van der Waals surface area contributed by atoms with E-state index in [0.29, 0.717) is 11.4 Å². The van der Waals surface area contributed by atoms with Crippen molar-refractivity contribution in [2.45, 2.75) is 13.3 Å². The molecule has 0 spiro atoms. The number of nitrogens with zero attached hydrogens (tertiary/aromatic N) is 1. The van der Waals surface area contributed by atoms with Crippen molar-refractivity contribution in [1.29, 1.82) is 0 Å². The number of para-hydroxylation sites is 2. The quantitative estimate of drug-likeness (QED) is 0.853. The Balaban J connectivity index is 2.29. The highest BCUT2D eigenvalue weighted by atomic mass is 16.4. The third kappa shape index (κ3) is 2.73. The van der Waals surface area contributed by atoms with Gasteiger partial charge in [0.2, 0.25) is 11.8 Å². The van der Waals surface area contributed by atoms with Crippen LogP contribution in [0.3, 0.4) is 0 Å². The molecular weight excluding hydrogens is 248 g/mol. The van der Waals surface area contributed by atoms with Crippen LogP contribution in [0.15, 0.2) is 24.3 Å². The van der Waals surface area contributed by atoms with Crippen LogP contribution in [0, 0.1) is 5.92 Å². The lowest BCUT2D eigenvalue weighted by molar-refractivity contribution is -0.141. The minimum absolute atomic E-state index is 0.0102. The van der Waals surface area contributed by atoms with Gasteiger partial charge in [0.05, 0.1) is 17.3 Å². The lowest BCUT2D eigenvalue weighted by Gasteiger charge is -2.19. The number of carbonyl (C=O) groups excluding carboxylic acids is 2. The summed E-state index contributed by atoms with van der Waals surface area (Å²) < 4.78 is 0. The van der Waals surface area contributed by atoms with Gasteiger partial charge in [-0.25, -0.2) is 0 Å².